The highest BCUT2D eigenvalue weighted by molar-refractivity contribution is 5.94. The number of benzene rings is 1. The molecule has 1 aromatic rings. The van der Waals surface area contributed by atoms with Gasteiger partial charge in [0.2, 0.25) is 5.91 Å². The summed E-state index contributed by atoms with van der Waals surface area (Å²) in [5, 5.41) is 6.07. The summed E-state index contributed by atoms with van der Waals surface area (Å²) in [6, 6.07) is 8.89. The van der Waals surface area contributed by atoms with Crippen LogP contribution in [-0.4, -0.2) is 61.1 Å². The molecule has 3 rings (SSSR count). The van der Waals surface area contributed by atoms with E-state index in [4.69, 9.17) is 4.74 Å². The summed E-state index contributed by atoms with van der Waals surface area (Å²) in [6.45, 7) is 6.00. The molecule has 0 aromatic heterocycles. The molecule has 2 N–H and O–H groups in total. The topological polar surface area (TPSA) is 70.7 Å². The molecule has 2 amide bonds. The second-order valence-electron chi connectivity index (χ2n) is 8.11. The van der Waals surface area contributed by atoms with Gasteiger partial charge in [0.05, 0.1) is 13.2 Å². The van der Waals surface area contributed by atoms with Crippen molar-refractivity contribution in [1.82, 2.24) is 15.5 Å². The Labute approximate surface area is 168 Å². The molecule has 0 radical (unpaired) electrons. The van der Waals surface area contributed by atoms with E-state index >= 15 is 0 Å². The molecule has 1 aromatic carbocycles. The number of hydrogen-bond donors (Lipinski definition) is 2. The number of carbonyl (C=O) groups excluding carboxylic acids is 2. The summed E-state index contributed by atoms with van der Waals surface area (Å²) in [4.78, 5) is 27.3. The SMILES string of the molecule is CC(CC(=O)NCC1(N2CCOCC2)CCCCC1)NC(=O)c1ccccc1. The van der Waals surface area contributed by atoms with E-state index in [1.54, 1.807) is 12.1 Å². The van der Waals surface area contributed by atoms with Crippen LogP contribution in [-0.2, 0) is 9.53 Å². The molecule has 28 heavy (non-hydrogen) atoms. The number of ether oxygens (including phenoxy) is 1. The summed E-state index contributed by atoms with van der Waals surface area (Å²) < 4.78 is 5.52. The number of hydrogen-bond acceptors (Lipinski definition) is 4. The van der Waals surface area contributed by atoms with Gasteiger partial charge in [-0.1, -0.05) is 37.5 Å². The van der Waals surface area contributed by atoms with Crippen molar-refractivity contribution in [2.75, 3.05) is 32.8 Å². The predicted molar refractivity (Wildman–Crippen MR) is 109 cm³/mol. The normalized spacial score (nSPS) is 20.9. The molecule has 154 valence electrons. The molecule has 1 atom stereocenters. The van der Waals surface area contributed by atoms with Gasteiger partial charge in [0.1, 0.15) is 0 Å². The zero-order chi connectivity index (χ0) is 19.8. The van der Waals surface area contributed by atoms with E-state index in [1.807, 2.05) is 25.1 Å². The van der Waals surface area contributed by atoms with E-state index in [-0.39, 0.29) is 29.8 Å². The van der Waals surface area contributed by atoms with Crippen LogP contribution in [0.1, 0.15) is 55.8 Å². The number of morpholine rings is 1. The third-order valence-corrected chi connectivity index (χ3v) is 5.99. The van der Waals surface area contributed by atoms with Gasteiger partial charge in [0, 0.05) is 43.2 Å². The summed E-state index contributed by atoms with van der Waals surface area (Å²) >= 11 is 0. The lowest BCUT2D eigenvalue weighted by Gasteiger charge is -2.48. The summed E-state index contributed by atoms with van der Waals surface area (Å²) in [7, 11) is 0. The summed E-state index contributed by atoms with van der Waals surface area (Å²) in [5.74, 6) is -0.142. The Kier molecular flexibility index (Phi) is 7.45. The molecular weight excluding hydrogens is 354 g/mol. The lowest BCUT2D eigenvalue weighted by molar-refractivity contribution is -0.122. The fraction of sp³-hybridized carbons (Fsp3) is 0.636. The highest BCUT2D eigenvalue weighted by Crippen LogP contribution is 2.33. The molecule has 1 heterocycles. The monoisotopic (exact) mass is 387 g/mol. The van der Waals surface area contributed by atoms with Gasteiger partial charge in [-0.05, 0) is 31.9 Å². The first-order chi connectivity index (χ1) is 13.6. The standard InChI is InChI=1S/C22H33N3O3/c1-18(24-21(27)19-8-4-2-5-9-19)16-20(26)23-17-22(10-6-3-7-11-22)25-12-14-28-15-13-25/h2,4-5,8-9,18H,3,6-7,10-17H2,1H3,(H,23,26)(H,24,27). The Morgan fingerprint density at radius 3 is 2.46 bits per heavy atom. The Balaban J connectivity index is 1.49. The smallest absolute Gasteiger partial charge is 0.251 e. The van der Waals surface area contributed by atoms with Crippen LogP contribution >= 0.6 is 0 Å². The molecule has 2 fully saturated rings. The zero-order valence-corrected chi connectivity index (χ0v) is 16.9. The maximum atomic E-state index is 12.5. The maximum absolute atomic E-state index is 12.5. The first-order valence-electron chi connectivity index (χ1n) is 10.5. The first kappa shape index (κ1) is 20.8. The van der Waals surface area contributed by atoms with Crippen LogP contribution in [0.15, 0.2) is 30.3 Å². The molecule has 2 aliphatic rings. The minimum absolute atomic E-state index is 0.000861. The molecule has 1 saturated carbocycles. The van der Waals surface area contributed by atoms with Crippen LogP contribution in [0.4, 0.5) is 0 Å². The Morgan fingerprint density at radius 1 is 1.11 bits per heavy atom. The highest BCUT2D eigenvalue weighted by atomic mass is 16.5. The van der Waals surface area contributed by atoms with E-state index in [0.717, 1.165) is 39.1 Å². The maximum Gasteiger partial charge on any atom is 0.251 e. The zero-order valence-electron chi connectivity index (χ0n) is 16.9. The molecule has 6 nitrogen and oxygen atoms in total. The fourth-order valence-electron chi connectivity index (χ4n) is 4.41. The van der Waals surface area contributed by atoms with E-state index in [0.29, 0.717) is 12.1 Å². The Hall–Kier alpha value is -1.92. The highest BCUT2D eigenvalue weighted by Gasteiger charge is 2.38. The lowest BCUT2D eigenvalue weighted by atomic mass is 9.79. The van der Waals surface area contributed by atoms with E-state index in [2.05, 4.69) is 15.5 Å². The number of amides is 2. The van der Waals surface area contributed by atoms with Gasteiger partial charge in [-0.15, -0.1) is 0 Å². The number of nitrogens with zero attached hydrogens (tertiary/aromatic N) is 1. The minimum atomic E-state index is -0.210. The van der Waals surface area contributed by atoms with Gasteiger partial charge in [-0.25, -0.2) is 0 Å². The quantitative estimate of drug-likeness (QED) is 0.753. The van der Waals surface area contributed by atoms with Crippen molar-refractivity contribution in [3.63, 3.8) is 0 Å². The van der Waals surface area contributed by atoms with Crippen LogP contribution < -0.4 is 10.6 Å². The molecule has 1 aliphatic heterocycles. The number of rotatable bonds is 7. The largest absolute Gasteiger partial charge is 0.379 e. The van der Waals surface area contributed by atoms with Crippen LogP contribution in [0.25, 0.3) is 0 Å². The van der Waals surface area contributed by atoms with E-state index < -0.39 is 0 Å². The average molecular weight is 388 g/mol. The lowest BCUT2D eigenvalue weighted by Crippen LogP contribution is -2.59. The summed E-state index contributed by atoms with van der Waals surface area (Å²) in [5.41, 5.74) is 0.678. The van der Waals surface area contributed by atoms with Gasteiger partial charge >= 0.3 is 0 Å². The van der Waals surface area contributed by atoms with Gasteiger partial charge < -0.3 is 15.4 Å². The predicted octanol–water partition coefficient (Wildman–Crippen LogP) is 2.35. The van der Waals surface area contributed by atoms with Crippen LogP contribution in [0.2, 0.25) is 0 Å². The van der Waals surface area contributed by atoms with Gasteiger partial charge in [-0.3, -0.25) is 14.5 Å². The fourth-order valence-corrected chi connectivity index (χ4v) is 4.41. The van der Waals surface area contributed by atoms with E-state index in [1.165, 1.54) is 19.3 Å². The molecule has 1 aliphatic carbocycles. The second-order valence-corrected chi connectivity index (χ2v) is 8.11. The molecule has 1 saturated heterocycles. The molecule has 0 spiro atoms. The number of carbonyl (C=O) groups is 2. The third-order valence-electron chi connectivity index (χ3n) is 5.99. The first-order valence-corrected chi connectivity index (χ1v) is 10.5. The van der Waals surface area contributed by atoms with Crippen molar-refractivity contribution in [1.29, 1.82) is 0 Å². The molecular formula is C22H33N3O3. The van der Waals surface area contributed by atoms with Crippen molar-refractivity contribution >= 4 is 11.8 Å². The van der Waals surface area contributed by atoms with Gasteiger partial charge in [-0.2, -0.15) is 0 Å². The van der Waals surface area contributed by atoms with Crippen molar-refractivity contribution < 1.29 is 14.3 Å². The van der Waals surface area contributed by atoms with Crippen molar-refractivity contribution in [3.8, 4) is 0 Å². The molecule has 0 bridgehead atoms. The average Bonchev–Trinajstić information content (AvgIpc) is 2.74. The molecule has 1 unspecified atom stereocenters. The second kappa shape index (κ2) is 10.0. The summed E-state index contributed by atoms with van der Waals surface area (Å²) in [6.07, 6.45) is 6.27. The number of nitrogens with one attached hydrogen (secondary N) is 2. The molecule has 6 heteroatoms. The van der Waals surface area contributed by atoms with Gasteiger partial charge in [0.25, 0.3) is 5.91 Å². The van der Waals surface area contributed by atoms with Crippen LogP contribution in [0.3, 0.4) is 0 Å². The third kappa shape index (κ3) is 5.55. The Bertz CT molecular complexity index is 638. The van der Waals surface area contributed by atoms with Crippen LogP contribution in [0.5, 0.6) is 0 Å². The van der Waals surface area contributed by atoms with E-state index in [9.17, 15) is 9.59 Å². The van der Waals surface area contributed by atoms with Crippen molar-refractivity contribution in [2.45, 2.75) is 57.0 Å². The van der Waals surface area contributed by atoms with Crippen molar-refractivity contribution in [3.05, 3.63) is 35.9 Å². The Morgan fingerprint density at radius 2 is 1.79 bits per heavy atom. The van der Waals surface area contributed by atoms with Crippen LogP contribution in [0, 0.1) is 0 Å². The minimum Gasteiger partial charge on any atom is -0.379 e. The van der Waals surface area contributed by atoms with Crippen molar-refractivity contribution in [2.24, 2.45) is 0 Å². The van der Waals surface area contributed by atoms with Gasteiger partial charge in [0.15, 0.2) is 0 Å².